The predicted molar refractivity (Wildman–Crippen MR) is 34.8 cm³/mol. The van der Waals surface area contributed by atoms with Gasteiger partial charge in [-0.2, -0.15) is 5.26 Å². The second-order valence-electron chi connectivity index (χ2n) is 1.83. The normalized spacial score (nSPS) is 11.7. The van der Waals surface area contributed by atoms with Crippen molar-refractivity contribution in [3.63, 3.8) is 0 Å². The lowest BCUT2D eigenvalue weighted by atomic mass is 10.2. The Balaban J connectivity index is 3.53. The second kappa shape index (κ2) is 4.77. The molecule has 0 aliphatic rings. The highest BCUT2D eigenvalue weighted by Gasteiger charge is 2.11. The zero-order valence-electron chi connectivity index (χ0n) is 5.83. The first-order valence-corrected chi connectivity index (χ1v) is 2.92. The largest absolute Gasteiger partial charge is 0.468 e. The Labute approximate surface area is 59.6 Å². The van der Waals surface area contributed by atoms with Gasteiger partial charge in [-0.1, -0.05) is 0 Å². The second-order valence-corrected chi connectivity index (χ2v) is 1.83. The van der Waals surface area contributed by atoms with Crippen molar-refractivity contribution in [1.82, 2.24) is 0 Å². The summed E-state index contributed by atoms with van der Waals surface area (Å²) in [7, 11) is 1.27. The Morgan fingerprint density at radius 1 is 1.90 bits per heavy atom. The zero-order chi connectivity index (χ0) is 7.98. The molecule has 0 heterocycles. The van der Waals surface area contributed by atoms with Gasteiger partial charge in [-0.15, -0.1) is 0 Å². The van der Waals surface area contributed by atoms with Crippen LogP contribution in [-0.2, 0) is 9.53 Å². The van der Waals surface area contributed by atoms with Gasteiger partial charge in [0.25, 0.3) is 0 Å². The van der Waals surface area contributed by atoms with Crippen LogP contribution in [0, 0.1) is 11.3 Å². The summed E-state index contributed by atoms with van der Waals surface area (Å²) in [4.78, 5) is 10.6. The van der Waals surface area contributed by atoms with Crippen molar-refractivity contribution in [2.75, 3.05) is 7.11 Å². The van der Waals surface area contributed by atoms with Crippen LogP contribution in [0.25, 0.3) is 0 Å². The predicted octanol–water partition coefficient (Wildman–Crippen LogP) is -0.210. The maximum absolute atomic E-state index is 10.6. The number of nitrogens with zero attached hydrogens (tertiary/aromatic N) is 1. The van der Waals surface area contributed by atoms with E-state index in [1.54, 1.807) is 0 Å². The minimum atomic E-state index is -0.648. The highest BCUT2D eigenvalue weighted by molar-refractivity contribution is 5.75. The molecule has 0 fully saturated rings. The van der Waals surface area contributed by atoms with E-state index in [2.05, 4.69) is 4.74 Å². The van der Waals surface area contributed by atoms with E-state index < -0.39 is 12.0 Å². The molecular weight excluding hydrogens is 132 g/mol. The summed E-state index contributed by atoms with van der Waals surface area (Å²) in [6.07, 6.45) is 0.652. The summed E-state index contributed by atoms with van der Waals surface area (Å²) in [6, 6.07) is 1.24. The number of methoxy groups -OCH3 is 1. The van der Waals surface area contributed by atoms with Crippen LogP contribution in [0.15, 0.2) is 0 Å². The third-order valence-corrected chi connectivity index (χ3v) is 1.07. The number of hydrogen-bond donors (Lipinski definition) is 1. The molecule has 0 saturated carbocycles. The topological polar surface area (TPSA) is 76.1 Å². The molecule has 0 saturated heterocycles. The molecule has 0 rings (SSSR count). The molecule has 0 aliphatic carbocycles. The average Bonchev–Trinajstić information content (AvgIpc) is 1.98. The third-order valence-electron chi connectivity index (χ3n) is 1.07. The highest BCUT2D eigenvalue weighted by atomic mass is 16.5. The molecular formula is C6H10N2O2. The molecule has 0 aromatic carbocycles. The molecule has 0 radical (unpaired) electrons. The first-order chi connectivity index (χ1) is 4.72. The SMILES string of the molecule is COC(=O)[C@H](N)CCC#N. The molecule has 10 heavy (non-hydrogen) atoms. The van der Waals surface area contributed by atoms with E-state index in [1.807, 2.05) is 6.07 Å². The van der Waals surface area contributed by atoms with Crippen molar-refractivity contribution in [3.8, 4) is 6.07 Å². The summed E-state index contributed by atoms with van der Waals surface area (Å²) in [5.74, 6) is -0.463. The van der Waals surface area contributed by atoms with Gasteiger partial charge in [0.05, 0.1) is 13.2 Å². The summed E-state index contributed by atoms with van der Waals surface area (Å²) >= 11 is 0. The van der Waals surface area contributed by atoms with Gasteiger partial charge < -0.3 is 10.5 Å². The monoisotopic (exact) mass is 142 g/mol. The number of rotatable bonds is 3. The molecule has 0 amide bonds. The van der Waals surface area contributed by atoms with E-state index in [0.717, 1.165) is 0 Å². The lowest BCUT2D eigenvalue weighted by molar-refractivity contribution is -0.142. The molecule has 0 unspecified atom stereocenters. The minimum Gasteiger partial charge on any atom is -0.468 e. The van der Waals surface area contributed by atoms with Crippen molar-refractivity contribution in [2.45, 2.75) is 18.9 Å². The van der Waals surface area contributed by atoms with Gasteiger partial charge in [0.2, 0.25) is 0 Å². The number of carbonyl (C=O) groups is 1. The van der Waals surface area contributed by atoms with Crippen LogP contribution in [0.4, 0.5) is 0 Å². The summed E-state index contributed by atoms with van der Waals surface area (Å²) < 4.78 is 4.34. The van der Waals surface area contributed by atoms with Gasteiger partial charge in [-0.25, -0.2) is 0 Å². The van der Waals surface area contributed by atoms with Crippen LogP contribution in [-0.4, -0.2) is 19.1 Å². The fraction of sp³-hybridized carbons (Fsp3) is 0.667. The maximum Gasteiger partial charge on any atom is 0.322 e. The molecule has 0 spiro atoms. The first kappa shape index (κ1) is 8.92. The number of nitriles is 1. The van der Waals surface area contributed by atoms with E-state index in [-0.39, 0.29) is 6.42 Å². The number of hydrogen-bond acceptors (Lipinski definition) is 4. The maximum atomic E-state index is 10.6. The van der Waals surface area contributed by atoms with Gasteiger partial charge in [0.1, 0.15) is 6.04 Å². The smallest absolute Gasteiger partial charge is 0.322 e. The molecule has 0 aliphatic heterocycles. The van der Waals surface area contributed by atoms with Gasteiger partial charge >= 0.3 is 5.97 Å². The molecule has 0 aromatic heterocycles. The van der Waals surface area contributed by atoms with E-state index in [9.17, 15) is 4.79 Å². The fourth-order valence-electron chi connectivity index (χ4n) is 0.489. The van der Waals surface area contributed by atoms with Gasteiger partial charge in [0, 0.05) is 6.42 Å². The fourth-order valence-corrected chi connectivity index (χ4v) is 0.489. The first-order valence-electron chi connectivity index (χ1n) is 2.92. The molecule has 0 aromatic rings. The van der Waals surface area contributed by atoms with E-state index in [4.69, 9.17) is 11.0 Å². The van der Waals surface area contributed by atoms with Crippen molar-refractivity contribution >= 4 is 5.97 Å². The van der Waals surface area contributed by atoms with Crippen LogP contribution >= 0.6 is 0 Å². The molecule has 4 heteroatoms. The van der Waals surface area contributed by atoms with Crippen molar-refractivity contribution in [3.05, 3.63) is 0 Å². The standard InChI is InChI=1S/C6H10N2O2/c1-10-6(9)5(8)3-2-4-7/h5H,2-3,8H2,1H3/t5-/m1/s1. The lowest BCUT2D eigenvalue weighted by Gasteiger charge is -2.04. The van der Waals surface area contributed by atoms with Gasteiger partial charge in [0.15, 0.2) is 0 Å². The minimum absolute atomic E-state index is 0.288. The highest BCUT2D eigenvalue weighted by Crippen LogP contribution is 1.94. The van der Waals surface area contributed by atoms with E-state index >= 15 is 0 Å². The van der Waals surface area contributed by atoms with E-state index in [1.165, 1.54) is 7.11 Å². The quantitative estimate of drug-likeness (QED) is 0.553. The molecule has 1 atom stereocenters. The Kier molecular flexibility index (Phi) is 4.25. The summed E-state index contributed by atoms with van der Waals surface area (Å²) in [5.41, 5.74) is 5.29. The molecule has 56 valence electrons. The Morgan fingerprint density at radius 2 is 2.50 bits per heavy atom. The van der Waals surface area contributed by atoms with Gasteiger partial charge in [-0.05, 0) is 6.42 Å². The number of carbonyl (C=O) groups excluding carboxylic acids is 1. The number of esters is 1. The summed E-state index contributed by atoms with van der Waals surface area (Å²) in [6.45, 7) is 0. The van der Waals surface area contributed by atoms with Crippen LogP contribution < -0.4 is 5.73 Å². The molecule has 0 bridgehead atoms. The number of nitrogens with two attached hydrogens (primary N) is 1. The molecule has 4 nitrogen and oxygen atoms in total. The molecule has 2 N–H and O–H groups in total. The Morgan fingerprint density at radius 3 is 2.90 bits per heavy atom. The lowest BCUT2D eigenvalue weighted by Crippen LogP contribution is -2.31. The van der Waals surface area contributed by atoms with E-state index in [0.29, 0.717) is 6.42 Å². The van der Waals surface area contributed by atoms with Crippen LogP contribution in [0.1, 0.15) is 12.8 Å². The van der Waals surface area contributed by atoms with Crippen LogP contribution in [0.5, 0.6) is 0 Å². The van der Waals surface area contributed by atoms with Crippen molar-refractivity contribution in [2.24, 2.45) is 5.73 Å². The number of ether oxygens (including phenoxy) is 1. The summed E-state index contributed by atoms with van der Waals surface area (Å²) in [5, 5.41) is 8.11. The van der Waals surface area contributed by atoms with Crippen LogP contribution in [0.3, 0.4) is 0 Å². The van der Waals surface area contributed by atoms with Gasteiger partial charge in [-0.3, -0.25) is 4.79 Å². The zero-order valence-corrected chi connectivity index (χ0v) is 5.83. The van der Waals surface area contributed by atoms with Crippen molar-refractivity contribution in [1.29, 1.82) is 5.26 Å². The third kappa shape index (κ3) is 3.05. The Hall–Kier alpha value is -1.08. The van der Waals surface area contributed by atoms with Crippen LogP contribution in [0.2, 0.25) is 0 Å². The van der Waals surface area contributed by atoms with Crippen molar-refractivity contribution < 1.29 is 9.53 Å². The average molecular weight is 142 g/mol. The Bertz CT molecular complexity index is 150.